The maximum atomic E-state index is 12.2. The van der Waals surface area contributed by atoms with Gasteiger partial charge in [-0.1, -0.05) is 0 Å². The smallest absolute Gasteiger partial charge is 0.263 e. The molecule has 3 N–H and O–H groups in total. The van der Waals surface area contributed by atoms with E-state index in [-0.39, 0.29) is 15.3 Å². The van der Waals surface area contributed by atoms with Crippen molar-refractivity contribution in [3.05, 3.63) is 38.1 Å². The van der Waals surface area contributed by atoms with Crippen LogP contribution in [-0.2, 0) is 10.0 Å². The van der Waals surface area contributed by atoms with Crippen LogP contribution in [0, 0.1) is 0 Å². The summed E-state index contributed by atoms with van der Waals surface area (Å²) < 4.78 is 28.2. The highest BCUT2D eigenvalue weighted by atomic mass is 79.9. The van der Waals surface area contributed by atoms with Crippen molar-refractivity contribution in [3.8, 4) is 0 Å². The average Bonchev–Trinajstić information content (AvgIpc) is 2.36. The number of benzene rings is 1. The first-order valence-corrected chi connectivity index (χ1v) is 8.92. The predicted molar refractivity (Wildman–Crippen MR) is 86.8 cm³/mol. The third-order valence-electron chi connectivity index (χ3n) is 2.21. The van der Waals surface area contributed by atoms with E-state index in [2.05, 4.69) is 62.5 Å². The van der Waals surface area contributed by atoms with Gasteiger partial charge in [-0.3, -0.25) is 4.72 Å². The van der Waals surface area contributed by atoms with Gasteiger partial charge >= 0.3 is 0 Å². The van der Waals surface area contributed by atoms with Gasteiger partial charge in [-0.2, -0.15) is 0 Å². The lowest BCUT2D eigenvalue weighted by molar-refractivity contribution is 0.601. The summed E-state index contributed by atoms with van der Waals surface area (Å²) in [6.07, 6.45) is 1.39. The SMILES string of the molecule is Nc1cc(S(=O)(=O)Nc2ncc(Br)nc2Br)ccc1Br. The summed E-state index contributed by atoms with van der Waals surface area (Å²) in [5.74, 6) is 0.0923. The Morgan fingerprint density at radius 1 is 1.20 bits per heavy atom. The molecule has 0 aliphatic heterocycles. The summed E-state index contributed by atoms with van der Waals surface area (Å²) in [6.45, 7) is 0. The molecule has 1 heterocycles. The fourth-order valence-electron chi connectivity index (χ4n) is 1.29. The molecule has 2 rings (SSSR count). The van der Waals surface area contributed by atoms with E-state index in [1.165, 1.54) is 18.3 Å². The number of nitrogens with two attached hydrogens (primary N) is 1. The molecule has 0 radical (unpaired) electrons. The van der Waals surface area contributed by atoms with E-state index < -0.39 is 10.0 Å². The molecule has 0 aliphatic rings. The second-order valence-corrected chi connectivity index (χ2v) is 7.72. The molecule has 0 saturated heterocycles. The van der Waals surface area contributed by atoms with Crippen molar-refractivity contribution in [2.45, 2.75) is 4.90 Å². The Balaban J connectivity index is 2.38. The first-order chi connectivity index (χ1) is 9.29. The van der Waals surface area contributed by atoms with Gasteiger partial charge in [-0.15, -0.1) is 0 Å². The molecule has 1 aromatic carbocycles. The second kappa shape index (κ2) is 5.96. The van der Waals surface area contributed by atoms with Gasteiger partial charge in [0.15, 0.2) is 10.4 Å². The van der Waals surface area contributed by atoms with Crippen LogP contribution < -0.4 is 10.5 Å². The molecule has 2 aromatic rings. The van der Waals surface area contributed by atoms with Crippen LogP contribution in [0.1, 0.15) is 0 Å². The summed E-state index contributed by atoms with van der Waals surface area (Å²) in [4.78, 5) is 7.97. The zero-order valence-electron chi connectivity index (χ0n) is 9.64. The van der Waals surface area contributed by atoms with E-state index in [0.717, 1.165) is 0 Å². The lowest BCUT2D eigenvalue weighted by Gasteiger charge is -2.09. The maximum absolute atomic E-state index is 12.2. The van der Waals surface area contributed by atoms with Crippen LogP contribution in [0.25, 0.3) is 0 Å². The third-order valence-corrected chi connectivity index (χ3v) is 5.20. The first-order valence-electron chi connectivity index (χ1n) is 5.05. The lowest BCUT2D eigenvalue weighted by Crippen LogP contribution is -2.15. The fourth-order valence-corrected chi connectivity index (χ4v) is 3.63. The molecule has 0 spiro atoms. The minimum atomic E-state index is -3.79. The lowest BCUT2D eigenvalue weighted by atomic mass is 10.3. The van der Waals surface area contributed by atoms with Crippen molar-refractivity contribution in [2.75, 3.05) is 10.5 Å². The third kappa shape index (κ3) is 3.48. The summed E-state index contributed by atoms with van der Waals surface area (Å²) in [6, 6.07) is 4.35. The van der Waals surface area contributed by atoms with Gasteiger partial charge in [0.2, 0.25) is 0 Å². The zero-order valence-corrected chi connectivity index (χ0v) is 15.2. The van der Waals surface area contributed by atoms with Crippen LogP contribution in [0.15, 0.2) is 43.0 Å². The number of sulfonamides is 1. The molecule has 0 amide bonds. The van der Waals surface area contributed by atoms with E-state index >= 15 is 0 Å². The van der Waals surface area contributed by atoms with Gasteiger partial charge in [-0.25, -0.2) is 18.4 Å². The molecular weight excluding hydrogens is 480 g/mol. The van der Waals surface area contributed by atoms with E-state index in [0.29, 0.717) is 14.8 Å². The maximum Gasteiger partial charge on any atom is 0.263 e. The van der Waals surface area contributed by atoms with E-state index in [1.807, 2.05) is 0 Å². The van der Waals surface area contributed by atoms with Crippen molar-refractivity contribution in [3.63, 3.8) is 0 Å². The molecule has 0 aliphatic carbocycles. The standard InChI is InChI=1S/C10H7Br3N4O2S/c11-6-2-1-5(3-7(6)14)20(18,19)17-10-9(13)16-8(12)4-15-10/h1-4H,14H2,(H,15,17). The summed E-state index contributed by atoms with van der Waals surface area (Å²) in [7, 11) is -3.79. The zero-order chi connectivity index (χ0) is 14.9. The highest BCUT2D eigenvalue weighted by molar-refractivity contribution is 9.11. The normalized spacial score (nSPS) is 11.3. The average molecular weight is 487 g/mol. The highest BCUT2D eigenvalue weighted by Gasteiger charge is 2.18. The Morgan fingerprint density at radius 2 is 1.90 bits per heavy atom. The molecule has 1 aromatic heterocycles. The first kappa shape index (κ1) is 15.7. The van der Waals surface area contributed by atoms with Crippen molar-refractivity contribution < 1.29 is 8.42 Å². The number of halogens is 3. The van der Waals surface area contributed by atoms with Gasteiger partial charge < -0.3 is 5.73 Å². The molecule has 6 nitrogen and oxygen atoms in total. The molecular formula is C10H7Br3N4O2S. The van der Waals surface area contributed by atoms with Gasteiger partial charge in [-0.05, 0) is 66.0 Å². The quantitative estimate of drug-likeness (QED) is 0.649. The molecule has 10 heteroatoms. The fraction of sp³-hybridized carbons (Fsp3) is 0. The number of nitrogens with one attached hydrogen (secondary N) is 1. The van der Waals surface area contributed by atoms with Crippen molar-refractivity contribution in [1.82, 2.24) is 9.97 Å². The van der Waals surface area contributed by atoms with Crippen LogP contribution in [0.4, 0.5) is 11.5 Å². The molecule has 0 unspecified atom stereocenters. The van der Waals surface area contributed by atoms with E-state index in [1.54, 1.807) is 6.07 Å². The number of rotatable bonds is 3. The Hall–Kier alpha value is -0.710. The number of anilines is 2. The Kier molecular flexibility index (Phi) is 4.67. The van der Waals surface area contributed by atoms with Gasteiger partial charge in [0, 0.05) is 10.2 Å². The molecule has 106 valence electrons. The van der Waals surface area contributed by atoms with Crippen LogP contribution in [0.5, 0.6) is 0 Å². The minimum absolute atomic E-state index is 0.0369. The monoisotopic (exact) mass is 484 g/mol. The second-order valence-electron chi connectivity index (χ2n) is 3.62. The van der Waals surface area contributed by atoms with E-state index in [4.69, 9.17) is 5.73 Å². The molecule has 0 bridgehead atoms. The van der Waals surface area contributed by atoms with Crippen LogP contribution >= 0.6 is 47.8 Å². The summed E-state index contributed by atoms with van der Waals surface area (Å²) in [5, 5.41) is 0. The number of hydrogen-bond donors (Lipinski definition) is 2. The summed E-state index contributed by atoms with van der Waals surface area (Å²) in [5.41, 5.74) is 6.01. The van der Waals surface area contributed by atoms with E-state index in [9.17, 15) is 8.42 Å². The Bertz CT molecular complexity index is 767. The van der Waals surface area contributed by atoms with Gasteiger partial charge in [0.05, 0.1) is 11.1 Å². The molecule has 0 saturated carbocycles. The minimum Gasteiger partial charge on any atom is -0.398 e. The topological polar surface area (TPSA) is 98.0 Å². The number of nitrogen functional groups attached to an aromatic ring is 1. The largest absolute Gasteiger partial charge is 0.398 e. The molecule has 0 atom stereocenters. The van der Waals surface area contributed by atoms with Crippen molar-refractivity contribution in [2.24, 2.45) is 0 Å². The molecule has 0 fully saturated rings. The molecule has 20 heavy (non-hydrogen) atoms. The highest BCUT2D eigenvalue weighted by Crippen LogP contribution is 2.26. The van der Waals surface area contributed by atoms with Gasteiger partial charge in [0.1, 0.15) is 4.60 Å². The predicted octanol–water partition coefficient (Wildman–Crippen LogP) is 3.15. The number of aromatic nitrogens is 2. The summed E-state index contributed by atoms with van der Waals surface area (Å²) >= 11 is 9.48. The van der Waals surface area contributed by atoms with Crippen molar-refractivity contribution in [1.29, 1.82) is 0 Å². The number of nitrogens with zero attached hydrogens (tertiary/aromatic N) is 2. The van der Waals surface area contributed by atoms with Crippen LogP contribution in [0.3, 0.4) is 0 Å². The van der Waals surface area contributed by atoms with Crippen LogP contribution in [-0.4, -0.2) is 18.4 Å². The Morgan fingerprint density at radius 3 is 2.50 bits per heavy atom. The van der Waals surface area contributed by atoms with Crippen LogP contribution in [0.2, 0.25) is 0 Å². The Labute approximate surface area is 140 Å². The van der Waals surface area contributed by atoms with Crippen molar-refractivity contribution >= 4 is 69.3 Å². The van der Waals surface area contributed by atoms with Gasteiger partial charge in [0.25, 0.3) is 10.0 Å². The number of hydrogen-bond acceptors (Lipinski definition) is 5.